The highest BCUT2D eigenvalue weighted by Crippen LogP contribution is 2.24. The zero-order valence-electron chi connectivity index (χ0n) is 11.5. The number of nitrogens with one attached hydrogen (secondary N) is 2. The Morgan fingerprint density at radius 3 is 2.36 bits per heavy atom. The zero-order valence-corrected chi connectivity index (χ0v) is 13.9. The Labute approximate surface area is 143 Å². The van der Waals surface area contributed by atoms with E-state index in [9.17, 15) is 4.79 Å². The summed E-state index contributed by atoms with van der Waals surface area (Å²) in [6.45, 7) is 0. The summed E-state index contributed by atoms with van der Waals surface area (Å²) in [4.78, 5) is 12.0. The fourth-order valence-corrected chi connectivity index (χ4v) is 2.16. The van der Waals surface area contributed by atoms with Gasteiger partial charge in [0.25, 0.3) is 5.91 Å². The molecule has 1 amide bonds. The molecule has 0 aliphatic rings. The van der Waals surface area contributed by atoms with Crippen LogP contribution in [0.25, 0.3) is 0 Å². The van der Waals surface area contributed by atoms with Crippen molar-refractivity contribution < 1.29 is 9.53 Å². The summed E-state index contributed by atoms with van der Waals surface area (Å²) in [5, 5.41) is 6.46. The van der Waals surface area contributed by atoms with Crippen LogP contribution in [0.3, 0.4) is 0 Å². The average molecular weight is 355 g/mol. The second-order valence-corrected chi connectivity index (χ2v) is 5.49. The van der Waals surface area contributed by atoms with Gasteiger partial charge in [0, 0.05) is 11.3 Å². The van der Waals surface area contributed by atoms with Gasteiger partial charge in [0.15, 0.2) is 5.11 Å². The lowest BCUT2D eigenvalue weighted by atomic mass is 10.2. The third-order valence-electron chi connectivity index (χ3n) is 2.76. The molecule has 0 bridgehead atoms. The van der Waals surface area contributed by atoms with Crippen LogP contribution in [0.4, 0.5) is 5.69 Å². The first-order valence-corrected chi connectivity index (χ1v) is 7.37. The largest absolute Gasteiger partial charge is 0.497 e. The SMILES string of the molecule is COc1ccc(C(=O)NC(=S)Nc2ccc(Cl)c(Cl)c2)cc1. The maximum atomic E-state index is 12.0. The highest BCUT2D eigenvalue weighted by molar-refractivity contribution is 7.80. The molecular formula is C15H12Cl2N2O2S. The highest BCUT2D eigenvalue weighted by atomic mass is 35.5. The Morgan fingerprint density at radius 2 is 1.77 bits per heavy atom. The number of anilines is 1. The highest BCUT2D eigenvalue weighted by Gasteiger charge is 2.08. The normalized spacial score (nSPS) is 9.95. The lowest BCUT2D eigenvalue weighted by molar-refractivity contribution is 0.0977. The summed E-state index contributed by atoms with van der Waals surface area (Å²) in [5.74, 6) is 0.355. The molecule has 2 rings (SSSR count). The molecule has 0 unspecified atom stereocenters. The third kappa shape index (κ3) is 4.34. The molecule has 4 nitrogen and oxygen atoms in total. The van der Waals surface area contributed by atoms with Crippen LogP contribution in [0.15, 0.2) is 42.5 Å². The Kier molecular flexibility index (Phi) is 5.60. The van der Waals surface area contributed by atoms with E-state index in [1.54, 1.807) is 49.6 Å². The minimum absolute atomic E-state index is 0.166. The van der Waals surface area contributed by atoms with Crippen molar-refractivity contribution in [1.29, 1.82) is 0 Å². The first-order valence-electron chi connectivity index (χ1n) is 6.21. The summed E-state index contributed by atoms with van der Waals surface area (Å²) >= 11 is 16.8. The molecule has 0 heterocycles. The van der Waals surface area contributed by atoms with Crippen molar-refractivity contribution in [3.05, 3.63) is 58.1 Å². The van der Waals surface area contributed by atoms with Crippen LogP contribution in [-0.4, -0.2) is 18.1 Å². The number of thiocarbonyl (C=S) groups is 1. The minimum Gasteiger partial charge on any atom is -0.497 e. The lowest BCUT2D eigenvalue weighted by Crippen LogP contribution is -2.34. The molecule has 22 heavy (non-hydrogen) atoms. The van der Waals surface area contributed by atoms with Gasteiger partial charge in [-0.2, -0.15) is 0 Å². The number of halogens is 2. The molecule has 114 valence electrons. The molecule has 0 aliphatic heterocycles. The van der Waals surface area contributed by atoms with E-state index in [1.165, 1.54) is 0 Å². The Bertz CT molecular complexity index is 705. The summed E-state index contributed by atoms with van der Waals surface area (Å²) in [6, 6.07) is 11.7. The van der Waals surface area contributed by atoms with Gasteiger partial charge >= 0.3 is 0 Å². The quantitative estimate of drug-likeness (QED) is 0.813. The Balaban J connectivity index is 1.98. The topological polar surface area (TPSA) is 50.4 Å². The van der Waals surface area contributed by atoms with Crippen molar-refractivity contribution in [2.45, 2.75) is 0 Å². The molecule has 0 saturated carbocycles. The fraction of sp³-hybridized carbons (Fsp3) is 0.0667. The smallest absolute Gasteiger partial charge is 0.257 e. The molecule has 0 radical (unpaired) electrons. The summed E-state index contributed by atoms with van der Waals surface area (Å²) in [5.41, 5.74) is 1.11. The molecule has 0 aliphatic carbocycles. The molecule has 2 aromatic rings. The summed E-state index contributed by atoms with van der Waals surface area (Å²) < 4.78 is 5.04. The number of benzene rings is 2. The van der Waals surface area contributed by atoms with Gasteiger partial charge in [0.2, 0.25) is 0 Å². The van der Waals surface area contributed by atoms with E-state index < -0.39 is 0 Å². The number of carbonyl (C=O) groups excluding carboxylic acids is 1. The number of rotatable bonds is 3. The molecule has 0 fully saturated rings. The lowest BCUT2D eigenvalue weighted by Gasteiger charge is -2.10. The number of carbonyl (C=O) groups is 1. The first kappa shape index (κ1) is 16.5. The monoisotopic (exact) mass is 354 g/mol. The molecule has 0 saturated heterocycles. The average Bonchev–Trinajstić information content (AvgIpc) is 2.51. The van der Waals surface area contributed by atoms with Gasteiger partial charge in [0.05, 0.1) is 17.2 Å². The van der Waals surface area contributed by atoms with Crippen LogP contribution in [-0.2, 0) is 0 Å². The van der Waals surface area contributed by atoms with E-state index in [1.807, 2.05) is 0 Å². The maximum Gasteiger partial charge on any atom is 0.257 e. The number of ether oxygens (including phenoxy) is 1. The molecule has 7 heteroatoms. The summed E-state index contributed by atoms with van der Waals surface area (Å²) in [7, 11) is 1.56. The molecule has 0 spiro atoms. The van der Waals surface area contributed by atoms with E-state index in [2.05, 4.69) is 10.6 Å². The van der Waals surface area contributed by atoms with E-state index in [0.717, 1.165) is 0 Å². The summed E-state index contributed by atoms with van der Waals surface area (Å²) in [6.07, 6.45) is 0. The van der Waals surface area contributed by atoms with Crippen molar-refractivity contribution in [1.82, 2.24) is 5.32 Å². The van der Waals surface area contributed by atoms with Crippen molar-refractivity contribution >= 4 is 52.1 Å². The van der Waals surface area contributed by atoms with Crippen molar-refractivity contribution in [3.8, 4) is 5.75 Å². The van der Waals surface area contributed by atoms with Gasteiger partial charge < -0.3 is 10.1 Å². The Hall–Kier alpha value is -1.82. The second-order valence-electron chi connectivity index (χ2n) is 4.27. The van der Waals surface area contributed by atoms with E-state index in [0.29, 0.717) is 27.0 Å². The number of methoxy groups -OCH3 is 1. The third-order valence-corrected chi connectivity index (χ3v) is 3.70. The van der Waals surface area contributed by atoms with Crippen molar-refractivity contribution in [2.24, 2.45) is 0 Å². The van der Waals surface area contributed by atoms with E-state index in [-0.39, 0.29) is 11.0 Å². The van der Waals surface area contributed by atoms with Gasteiger partial charge in [-0.3, -0.25) is 10.1 Å². The van der Waals surface area contributed by atoms with Crippen LogP contribution in [0.2, 0.25) is 10.0 Å². The number of amides is 1. The molecule has 0 atom stereocenters. The molecular weight excluding hydrogens is 343 g/mol. The van der Waals surface area contributed by atoms with Gasteiger partial charge in [-0.15, -0.1) is 0 Å². The van der Waals surface area contributed by atoms with Crippen LogP contribution in [0, 0.1) is 0 Å². The zero-order chi connectivity index (χ0) is 16.1. The van der Waals surface area contributed by atoms with Crippen LogP contribution in [0.1, 0.15) is 10.4 Å². The van der Waals surface area contributed by atoms with E-state index >= 15 is 0 Å². The standard InChI is InChI=1S/C15H12Cl2N2O2S/c1-21-11-5-2-9(3-6-11)14(20)19-15(22)18-10-4-7-12(16)13(17)8-10/h2-8H,1H3,(H2,18,19,20,22). The predicted octanol–water partition coefficient (Wildman–Crippen LogP) is 4.13. The molecule has 0 aromatic heterocycles. The fourth-order valence-electron chi connectivity index (χ4n) is 1.65. The minimum atomic E-state index is -0.319. The molecule has 2 N–H and O–H groups in total. The van der Waals surface area contributed by atoms with Crippen molar-refractivity contribution in [2.75, 3.05) is 12.4 Å². The first-order chi connectivity index (χ1) is 10.5. The van der Waals surface area contributed by atoms with Crippen LogP contribution >= 0.6 is 35.4 Å². The Morgan fingerprint density at radius 1 is 1.09 bits per heavy atom. The van der Waals surface area contributed by atoms with E-state index in [4.69, 9.17) is 40.2 Å². The number of hydrogen-bond donors (Lipinski definition) is 2. The van der Waals surface area contributed by atoms with Crippen LogP contribution in [0.5, 0.6) is 5.75 Å². The van der Waals surface area contributed by atoms with Gasteiger partial charge in [-0.1, -0.05) is 23.2 Å². The van der Waals surface area contributed by atoms with Gasteiger partial charge in [-0.05, 0) is 54.7 Å². The van der Waals surface area contributed by atoms with Gasteiger partial charge in [-0.25, -0.2) is 0 Å². The van der Waals surface area contributed by atoms with Crippen molar-refractivity contribution in [3.63, 3.8) is 0 Å². The predicted molar refractivity (Wildman–Crippen MR) is 93.1 cm³/mol. The maximum absolute atomic E-state index is 12.0. The second kappa shape index (κ2) is 7.45. The number of hydrogen-bond acceptors (Lipinski definition) is 3. The van der Waals surface area contributed by atoms with Crippen LogP contribution < -0.4 is 15.4 Å². The van der Waals surface area contributed by atoms with Gasteiger partial charge in [0.1, 0.15) is 5.75 Å². The molecule has 2 aromatic carbocycles.